The van der Waals surface area contributed by atoms with Crippen LogP contribution in [-0.4, -0.2) is 31.5 Å². The van der Waals surface area contributed by atoms with Crippen LogP contribution in [0.5, 0.6) is 5.75 Å². The summed E-state index contributed by atoms with van der Waals surface area (Å²) in [4.78, 5) is 26.3. The third-order valence-electron chi connectivity index (χ3n) is 12.3. The highest BCUT2D eigenvalue weighted by Crippen LogP contribution is 2.39. The number of nitrogens with one attached hydrogen (secondary N) is 2. The molecular weight excluding hydrogens is 653 g/mol. The zero-order valence-corrected chi connectivity index (χ0v) is 35.7. The maximum atomic E-state index is 13.2. The molecule has 2 N–H and O–H groups in total. The molecule has 292 valence electrons. The molecule has 3 aromatic rings. The maximum absolute atomic E-state index is 13.2. The van der Waals surface area contributed by atoms with Gasteiger partial charge in [-0.15, -0.1) is 0 Å². The second-order valence-electron chi connectivity index (χ2n) is 17.8. The van der Waals surface area contributed by atoms with Crippen LogP contribution in [0.15, 0.2) is 54.6 Å². The fourth-order valence-electron chi connectivity index (χ4n) is 6.59. The van der Waals surface area contributed by atoms with E-state index in [2.05, 4.69) is 130 Å². The first-order chi connectivity index (χ1) is 24.8. The van der Waals surface area contributed by atoms with E-state index in [1.165, 1.54) is 27.8 Å². The lowest BCUT2D eigenvalue weighted by atomic mass is 9.74. The number of aryl methyl sites for hydroxylation is 2. The van der Waals surface area contributed by atoms with Gasteiger partial charge in [-0.1, -0.05) is 113 Å². The highest BCUT2D eigenvalue weighted by molar-refractivity contribution is 6.00. The van der Waals surface area contributed by atoms with Crippen molar-refractivity contribution in [1.29, 1.82) is 0 Å². The monoisotopic (exact) mass is 725 g/mol. The molecule has 0 fully saturated rings. The summed E-state index contributed by atoms with van der Waals surface area (Å²) in [6.07, 6.45) is 7.82. The van der Waals surface area contributed by atoms with Gasteiger partial charge in [-0.3, -0.25) is 9.59 Å². The Balaban J connectivity index is 1.53. The summed E-state index contributed by atoms with van der Waals surface area (Å²) in [6, 6.07) is 19.1. The molecule has 0 heterocycles. The molecule has 5 heteroatoms. The summed E-state index contributed by atoms with van der Waals surface area (Å²) >= 11 is 0. The minimum absolute atomic E-state index is 0.00705. The van der Waals surface area contributed by atoms with Gasteiger partial charge in [-0.25, -0.2) is 0 Å². The van der Waals surface area contributed by atoms with E-state index in [9.17, 15) is 9.59 Å². The molecule has 0 radical (unpaired) electrons. The molecule has 53 heavy (non-hydrogen) atoms. The van der Waals surface area contributed by atoms with Crippen molar-refractivity contribution in [3.05, 3.63) is 99.1 Å². The maximum Gasteiger partial charge on any atom is 0.251 e. The van der Waals surface area contributed by atoms with Crippen molar-refractivity contribution < 1.29 is 14.3 Å². The Morgan fingerprint density at radius 3 is 1.57 bits per heavy atom. The van der Waals surface area contributed by atoms with Gasteiger partial charge >= 0.3 is 0 Å². The molecule has 0 bridgehead atoms. The average molecular weight is 725 g/mol. The molecule has 0 aliphatic carbocycles. The van der Waals surface area contributed by atoms with Crippen LogP contribution in [0.1, 0.15) is 182 Å². The topological polar surface area (TPSA) is 67.4 Å². The lowest BCUT2D eigenvalue weighted by molar-refractivity contribution is 0.0951. The quantitative estimate of drug-likeness (QED) is 0.114. The molecule has 3 rings (SSSR count). The first-order valence-electron chi connectivity index (χ1n) is 20.4. The van der Waals surface area contributed by atoms with Gasteiger partial charge in [0.25, 0.3) is 11.8 Å². The van der Waals surface area contributed by atoms with Crippen molar-refractivity contribution in [1.82, 2.24) is 10.6 Å². The minimum Gasteiger partial charge on any atom is -0.493 e. The Bertz CT molecular complexity index is 1560. The van der Waals surface area contributed by atoms with Crippen molar-refractivity contribution in [2.45, 2.75) is 163 Å². The molecule has 0 atom stereocenters. The number of hydrogen-bond acceptors (Lipinski definition) is 3. The van der Waals surface area contributed by atoms with Gasteiger partial charge in [0.05, 0.1) is 6.61 Å². The van der Waals surface area contributed by atoms with Gasteiger partial charge in [-0.05, 0) is 132 Å². The Morgan fingerprint density at radius 1 is 0.566 bits per heavy atom. The molecule has 0 saturated carbocycles. The molecule has 3 aromatic carbocycles. The number of unbranched alkanes of at least 4 members (excludes halogenated alkanes) is 1. The smallest absolute Gasteiger partial charge is 0.251 e. The molecule has 0 aromatic heterocycles. The Hall–Kier alpha value is -3.60. The number of carbonyl (C=O) groups excluding carboxylic acids is 2. The van der Waals surface area contributed by atoms with Crippen molar-refractivity contribution in [2.24, 2.45) is 0 Å². The lowest BCUT2D eigenvalue weighted by Crippen LogP contribution is -2.28. The fraction of sp³-hybridized carbons (Fsp3) is 0.583. The van der Waals surface area contributed by atoms with Crippen LogP contribution in [-0.2, 0) is 28.1 Å². The van der Waals surface area contributed by atoms with Gasteiger partial charge in [-0.2, -0.15) is 0 Å². The van der Waals surface area contributed by atoms with Gasteiger partial charge in [0.2, 0.25) is 0 Å². The van der Waals surface area contributed by atoms with E-state index in [1.807, 2.05) is 19.1 Å². The van der Waals surface area contributed by atoms with E-state index < -0.39 is 0 Å². The second kappa shape index (κ2) is 18.6. The summed E-state index contributed by atoms with van der Waals surface area (Å²) in [5.74, 6) is 0.596. The molecule has 2 amide bonds. The molecule has 0 saturated heterocycles. The van der Waals surface area contributed by atoms with Gasteiger partial charge in [0.1, 0.15) is 5.75 Å². The van der Waals surface area contributed by atoms with E-state index in [4.69, 9.17) is 4.74 Å². The predicted molar refractivity (Wildman–Crippen MR) is 225 cm³/mol. The zero-order valence-electron chi connectivity index (χ0n) is 35.7. The summed E-state index contributed by atoms with van der Waals surface area (Å²) in [5.41, 5.74) is 9.10. The minimum atomic E-state index is -0.180. The van der Waals surface area contributed by atoms with Gasteiger partial charge < -0.3 is 15.4 Å². The summed E-state index contributed by atoms with van der Waals surface area (Å²) in [7, 11) is 0. The summed E-state index contributed by atoms with van der Waals surface area (Å²) < 4.78 is 6.31. The van der Waals surface area contributed by atoms with Crippen LogP contribution in [0.25, 0.3) is 0 Å². The van der Waals surface area contributed by atoms with Crippen LogP contribution in [0.2, 0.25) is 0 Å². The number of hydrogen-bond donors (Lipinski definition) is 2. The fourth-order valence-corrected chi connectivity index (χ4v) is 6.59. The Morgan fingerprint density at radius 2 is 1.04 bits per heavy atom. The highest BCUT2D eigenvalue weighted by Gasteiger charge is 2.27. The molecule has 5 nitrogen and oxygen atoms in total. The van der Waals surface area contributed by atoms with Crippen LogP contribution in [0, 0.1) is 6.92 Å². The Labute approximate surface area is 323 Å². The van der Waals surface area contributed by atoms with Crippen LogP contribution in [0.3, 0.4) is 0 Å². The molecule has 0 aliphatic heterocycles. The number of ether oxygens (including phenoxy) is 1. The van der Waals surface area contributed by atoms with Crippen LogP contribution in [0.4, 0.5) is 0 Å². The van der Waals surface area contributed by atoms with Crippen LogP contribution >= 0.6 is 0 Å². The average Bonchev–Trinajstić information content (AvgIpc) is 3.13. The number of carbonyl (C=O) groups is 2. The van der Waals surface area contributed by atoms with E-state index in [1.54, 1.807) is 6.07 Å². The van der Waals surface area contributed by atoms with Crippen molar-refractivity contribution in [2.75, 3.05) is 19.7 Å². The van der Waals surface area contributed by atoms with E-state index in [-0.39, 0.29) is 33.5 Å². The Kier molecular flexibility index (Phi) is 15.4. The van der Waals surface area contributed by atoms with Crippen molar-refractivity contribution in [3.63, 3.8) is 0 Å². The molecule has 0 unspecified atom stereocenters. The van der Waals surface area contributed by atoms with Crippen molar-refractivity contribution >= 4 is 11.8 Å². The number of benzene rings is 3. The predicted octanol–water partition coefficient (Wildman–Crippen LogP) is 11.7. The zero-order chi connectivity index (χ0) is 39.6. The second-order valence-corrected chi connectivity index (χ2v) is 17.8. The summed E-state index contributed by atoms with van der Waals surface area (Å²) in [5, 5.41) is 6.12. The lowest BCUT2D eigenvalue weighted by Gasteiger charge is -2.31. The van der Waals surface area contributed by atoms with Gasteiger partial charge in [0, 0.05) is 29.8 Å². The van der Waals surface area contributed by atoms with E-state index in [0.717, 1.165) is 56.3 Å². The third kappa shape index (κ3) is 11.7. The first kappa shape index (κ1) is 43.8. The molecular formula is C48H72N2O3. The molecule has 0 spiro atoms. The SMILES string of the molecule is CCC(C)(C)c1ccc(CCCCNC(=O)c2cc(C)cc(C(=O)NCCCOc3ccc(C(C)(C)CC)cc3C(C)(C)CC)c2)c(C(C)(C)CC)c1. The first-order valence-corrected chi connectivity index (χ1v) is 20.4. The van der Waals surface area contributed by atoms with Crippen LogP contribution < -0.4 is 15.4 Å². The number of rotatable bonds is 20. The highest BCUT2D eigenvalue weighted by atomic mass is 16.5. The third-order valence-corrected chi connectivity index (χ3v) is 12.3. The van der Waals surface area contributed by atoms with Gasteiger partial charge in [0.15, 0.2) is 0 Å². The standard InChI is InChI=1S/C48H72N2O3/c1-14-45(6,7)38-23-22-35(40(32-38)47(10,11)16-3)21-18-19-26-49-43(51)36-29-34(5)30-37(31-36)44(52)50-27-20-28-53-42-25-24-39(46(8,9)15-2)33-41(42)48(12,13)17-4/h22-25,29-33H,14-21,26-28H2,1-13H3,(H,49,51)(H,50,52). The van der Waals surface area contributed by atoms with Crippen molar-refractivity contribution in [3.8, 4) is 5.75 Å². The molecule has 0 aliphatic rings. The normalized spacial score (nSPS) is 12.5. The van der Waals surface area contributed by atoms with E-state index in [0.29, 0.717) is 37.2 Å². The van der Waals surface area contributed by atoms with E-state index >= 15 is 0 Å². The largest absolute Gasteiger partial charge is 0.493 e. The number of amides is 2. The summed E-state index contributed by atoms with van der Waals surface area (Å²) in [6.45, 7) is 30.9.